The number of imide groups is 1. The lowest BCUT2D eigenvalue weighted by Gasteiger charge is -2.16. The van der Waals surface area contributed by atoms with Gasteiger partial charge in [-0.2, -0.15) is 0 Å². The number of esters is 1. The van der Waals surface area contributed by atoms with Crippen LogP contribution in [0.4, 0.5) is 5.69 Å². The molecule has 4 rings (SSSR count). The van der Waals surface area contributed by atoms with Crippen molar-refractivity contribution in [3.8, 4) is 5.75 Å². The van der Waals surface area contributed by atoms with Gasteiger partial charge in [0.05, 0.1) is 24.6 Å². The highest BCUT2D eigenvalue weighted by atomic mass is 35.5. The summed E-state index contributed by atoms with van der Waals surface area (Å²) in [4.78, 5) is 50.3. The van der Waals surface area contributed by atoms with E-state index in [9.17, 15) is 19.2 Å². The Morgan fingerprint density at radius 1 is 1.17 bits per heavy atom. The van der Waals surface area contributed by atoms with Gasteiger partial charge in [-0.25, -0.2) is 0 Å². The molecule has 1 aromatic carbocycles. The summed E-state index contributed by atoms with van der Waals surface area (Å²) >= 11 is 5.91. The van der Waals surface area contributed by atoms with Crippen molar-refractivity contribution in [1.29, 1.82) is 0 Å². The van der Waals surface area contributed by atoms with Crippen molar-refractivity contribution in [2.75, 3.05) is 25.6 Å². The lowest BCUT2D eigenvalue weighted by Crippen LogP contribution is -2.38. The SMILES string of the molecule is COc1ccc(Cl)cc1NC(=O)COC(=O)CN1C(=O)[C@@H]2[C@H](C1=O)[C@@H]1C=C[C@@H]2C1. The van der Waals surface area contributed by atoms with Crippen molar-refractivity contribution in [3.63, 3.8) is 0 Å². The Morgan fingerprint density at radius 2 is 1.83 bits per heavy atom. The van der Waals surface area contributed by atoms with Crippen molar-refractivity contribution in [2.45, 2.75) is 6.42 Å². The molecule has 9 heteroatoms. The van der Waals surface area contributed by atoms with Gasteiger partial charge < -0.3 is 14.8 Å². The van der Waals surface area contributed by atoms with Crippen LogP contribution in [0, 0.1) is 23.7 Å². The number of ether oxygens (including phenoxy) is 2. The fraction of sp³-hybridized carbons (Fsp3) is 0.400. The Morgan fingerprint density at radius 3 is 2.45 bits per heavy atom. The minimum atomic E-state index is -0.819. The second kappa shape index (κ2) is 7.51. The third-order valence-corrected chi connectivity index (χ3v) is 5.88. The molecule has 152 valence electrons. The van der Waals surface area contributed by atoms with Gasteiger partial charge in [-0.3, -0.25) is 24.1 Å². The molecule has 8 nitrogen and oxygen atoms in total. The maximum atomic E-state index is 12.6. The lowest BCUT2D eigenvalue weighted by atomic mass is 9.85. The number of anilines is 1. The molecule has 4 atom stereocenters. The number of methoxy groups -OCH3 is 1. The number of hydrogen-bond acceptors (Lipinski definition) is 6. The number of benzene rings is 1. The summed E-state index contributed by atoms with van der Waals surface area (Å²) in [7, 11) is 1.44. The molecule has 1 saturated heterocycles. The van der Waals surface area contributed by atoms with Gasteiger partial charge in [0, 0.05) is 5.02 Å². The first-order valence-corrected chi connectivity index (χ1v) is 9.59. The van der Waals surface area contributed by atoms with Crippen molar-refractivity contribution in [2.24, 2.45) is 23.7 Å². The number of hydrogen-bond donors (Lipinski definition) is 1. The molecule has 29 heavy (non-hydrogen) atoms. The highest BCUT2D eigenvalue weighted by Crippen LogP contribution is 2.52. The Bertz CT molecular complexity index is 900. The number of nitrogens with one attached hydrogen (secondary N) is 1. The number of halogens is 1. The van der Waals surface area contributed by atoms with Crippen LogP contribution in [0.15, 0.2) is 30.4 Å². The standard InChI is InChI=1S/C20H19ClN2O6/c1-28-14-5-4-12(21)7-13(14)22-15(24)9-29-16(25)8-23-19(26)17-10-2-3-11(6-10)18(17)20(23)27/h2-5,7,10-11,17-18H,6,8-9H2,1H3,(H,22,24)/t10-,11-,17-,18+/m1/s1. The molecule has 3 aliphatic rings. The summed E-state index contributed by atoms with van der Waals surface area (Å²) in [6, 6.07) is 4.70. The van der Waals surface area contributed by atoms with Gasteiger partial charge in [0.1, 0.15) is 12.3 Å². The Kier molecular flexibility index (Phi) is 5.04. The lowest BCUT2D eigenvalue weighted by molar-refractivity contribution is -0.154. The third-order valence-electron chi connectivity index (χ3n) is 5.65. The third kappa shape index (κ3) is 3.48. The Hall–Kier alpha value is -2.87. The second-order valence-corrected chi connectivity index (χ2v) is 7.75. The van der Waals surface area contributed by atoms with E-state index in [0.29, 0.717) is 16.5 Å². The quantitative estimate of drug-likeness (QED) is 0.428. The highest BCUT2D eigenvalue weighted by molar-refractivity contribution is 6.31. The molecule has 2 bridgehead atoms. The molecule has 0 unspecified atom stereocenters. The van der Waals surface area contributed by atoms with Crippen LogP contribution in [0.2, 0.25) is 5.02 Å². The number of carbonyl (C=O) groups is 4. The van der Waals surface area contributed by atoms with E-state index in [4.69, 9.17) is 21.1 Å². The topological polar surface area (TPSA) is 102 Å². The molecular weight excluding hydrogens is 400 g/mol. The first-order chi connectivity index (χ1) is 13.9. The zero-order valence-corrected chi connectivity index (χ0v) is 16.3. The van der Waals surface area contributed by atoms with Crippen LogP contribution in [-0.2, 0) is 23.9 Å². The smallest absolute Gasteiger partial charge is 0.326 e. The molecule has 0 spiro atoms. The van der Waals surface area contributed by atoms with E-state index in [1.807, 2.05) is 12.2 Å². The molecule has 1 heterocycles. The van der Waals surface area contributed by atoms with Crippen LogP contribution < -0.4 is 10.1 Å². The van der Waals surface area contributed by atoms with Crippen LogP contribution >= 0.6 is 11.6 Å². The van der Waals surface area contributed by atoms with E-state index in [2.05, 4.69) is 5.32 Å². The summed E-state index contributed by atoms with van der Waals surface area (Å²) in [5.41, 5.74) is 0.335. The van der Waals surface area contributed by atoms with Crippen LogP contribution in [0.1, 0.15) is 6.42 Å². The molecule has 1 saturated carbocycles. The molecule has 0 radical (unpaired) electrons. The fourth-order valence-electron chi connectivity index (χ4n) is 4.40. The van der Waals surface area contributed by atoms with Gasteiger partial charge in [-0.15, -0.1) is 0 Å². The van der Waals surface area contributed by atoms with E-state index < -0.39 is 25.0 Å². The molecule has 1 aromatic rings. The molecular formula is C20H19ClN2O6. The van der Waals surface area contributed by atoms with Crippen molar-refractivity contribution in [3.05, 3.63) is 35.4 Å². The Balaban J connectivity index is 1.31. The van der Waals surface area contributed by atoms with E-state index in [-0.39, 0.29) is 35.5 Å². The number of likely N-dealkylation sites (tertiary alicyclic amines) is 1. The van der Waals surface area contributed by atoms with Gasteiger partial charge in [0.25, 0.3) is 5.91 Å². The maximum absolute atomic E-state index is 12.6. The second-order valence-electron chi connectivity index (χ2n) is 7.32. The minimum Gasteiger partial charge on any atom is -0.495 e. The van der Waals surface area contributed by atoms with Gasteiger partial charge in [0.2, 0.25) is 11.8 Å². The average Bonchev–Trinajstić information content (AvgIpc) is 3.37. The van der Waals surface area contributed by atoms with E-state index in [1.54, 1.807) is 12.1 Å². The maximum Gasteiger partial charge on any atom is 0.326 e. The predicted octanol–water partition coefficient (Wildman–Crippen LogP) is 1.64. The normalized spacial score (nSPS) is 26.6. The van der Waals surface area contributed by atoms with Crippen LogP contribution in [0.3, 0.4) is 0 Å². The summed E-state index contributed by atoms with van der Waals surface area (Å²) < 4.78 is 10.1. The number of rotatable bonds is 6. The van der Waals surface area contributed by atoms with Gasteiger partial charge in [-0.05, 0) is 36.5 Å². The van der Waals surface area contributed by atoms with Crippen molar-refractivity contribution in [1.82, 2.24) is 4.90 Å². The minimum absolute atomic E-state index is 0.0703. The number of allylic oxidation sites excluding steroid dienone is 2. The van der Waals surface area contributed by atoms with Crippen molar-refractivity contribution >= 4 is 41.0 Å². The number of fused-ring (bicyclic) bond motifs is 5. The zero-order chi connectivity index (χ0) is 20.7. The first kappa shape index (κ1) is 19.4. The van der Waals surface area contributed by atoms with Crippen LogP contribution in [0.5, 0.6) is 5.75 Å². The van der Waals surface area contributed by atoms with Gasteiger partial charge >= 0.3 is 5.97 Å². The summed E-state index contributed by atoms with van der Waals surface area (Å²) in [6.07, 6.45) is 4.78. The van der Waals surface area contributed by atoms with E-state index in [1.165, 1.54) is 13.2 Å². The predicted molar refractivity (Wildman–Crippen MR) is 102 cm³/mol. The van der Waals surface area contributed by atoms with Crippen molar-refractivity contribution < 1.29 is 28.7 Å². The van der Waals surface area contributed by atoms with Gasteiger partial charge in [-0.1, -0.05) is 23.8 Å². The first-order valence-electron chi connectivity index (χ1n) is 9.21. The summed E-state index contributed by atoms with van der Waals surface area (Å²) in [5, 5.41) is 2.94. The largest absolute Gasteiger partial charge is 0.495 e. The molecule has 2 aliphatic carbocycles. The number of carbonyl (C=O) groups excluding carboxylic acids is 4. The summed E-state index contributed by atoms with van der Waals surface area (Å²) in [6.45, 7) is -1.05. The monoisotopic (exact) mass is 418 g/mol. The van der Waals surface area contributed by atoms with E-state index >= 15 is 0 Å². The van der Waals surface area contributed by atoms with E-state index in [0.717, 1.165) is 11.3 Å². The number of amides is 3. The summed E-state index contributed by atoms with van der Waals surface area (Å²) in [5.74, 6) is -2.28. The molecule has 3 amide bonds. The molecule has 0 aromatic heterocycles. The molecule has 1 aliphatic heterocycles. The van der Waals surface area contributed by atoms with Gasteiger partial charge in [0.15, 0.2) is 6.61 Å². The average molecular weight is 419 g/mol. The zero-order valence-electron chi connectivity index (χ0n) is 15.6. The highest BCUT2D eigenvalue weighted by Gasteiger charge is 2.59. The fourth-order valence-corrected chi connectivity index (χ4v) is 4.58. The molecule has 2 fully saturated rings. The number of nitrogens with zero attached hydrogens (tertiary/aromatic N) is 1. The van der Waals surface area contributed by atoms with Crippen LogP contribution in [0.25, 0.3) is 0 Å². The Labute approximate surface area is 171 Å². The van der Waals surface area contributed by atoms with Crippen LogP contribution in [-0.4, -0.2) is 48.9 Å². The molecule has 1 N–H and O–H groups in total.